The van der Waals surface area contributed by atoms with Crippen molar-refractivity contribution in [2.75, 3.05) is 24.6 Å². The van der Waals surface area contributed by atoms with Crippen molar-refractivity contribution in [2.45, 2.75) is 12.8 Å². The van der Waals surface area contributed by atoms with Crippen molar-refractivity contribution >= 4 is 39.4 Å². The molecule has 0 unspecified atom stereocenters. The summed E-state index contributed by atoms with van der Waals surface area (Å²) in [4.78, 5) is 2.39. The van der Waals surface area contributed by atoms with Crippen LogP contribution in [0.25, 0.3) is 22.4 Å². The van der Waals surface area contributed by atoms with Crippen LogP contribution in [0, 0.1) is 11.7 Å². The molecule has 0 bridgehead atoms. The van der Waals surface area contributed by atoms with E-state index in [0.29, 0.717) is 12.5 Å². The first-order chi connectivity index (χ1) is 13.1. The lowest BCUT2D eigenvalue weighted by molar-refractivity contribution is -0.642. The van der Waals surface area contributed by atoms with Crippen LogP contribution in [-0.2, 0) is 7.05 Å². The van der Waals surface area contributed by atoms with Crippen molar-refractivity contribution in [1.82, 2.24) is 0 Å². The Kier molecular flexibility index (Phi) is 5.23. The molecule has 1 saturated heterocycles. The fourth-order valence-electron chi connectivity index (χ4n) is 3.62. The average molecular weight is 384 g/mol. The van der Waals surface area contributed by atoms with E-state index in [9.17, 15) is 9.50 Å². The van der Waals surface area contributed by atoms with E-state index in [2.05, 4.69) is 41.3 Å². The number of aromatic nitrogens is 1. The third kappa shape index (κ3) is 3.89. The summed E-state index contributed by atoms with van der Waals surface area (Å²) in [6.45, 7) is 2.32. The van der Waals surface area contributed by atoms with Gasteiger partial charge in [0.2, 0.25) is 5.52 Å². The minimum atomic E-state index is -0.204. The highest BCUT2D eigenvalue weighted by atomic mass is 32.1. The van der Waals surface area contributed by atoms with Crippen molar-refractivity contribution in [1.29, 1.82) is 0 Å². The number of aryl methyl sites for hydroxylation is 1. The second-order valence-electron chi connectivity index (χ2n) is 7.15. The Hall–Kier alpha value is -2.24. The van der Waals surface area contributed by atoms with Crippen LogP contribution in [0.3, 0.4) is 0 Å². The smallest absolute Gasteiger partial charge is 0.262 e. The van der Waals surface area contributed by atoms with Gasteiger partial charge in [-0.25, -0.2) is 4.39 Å². The lowest BCUT2D eigenvalue weighted by Crippen LogP contribution is -2.34. The Balaban J connectivity index is 1.48. The molecule has 3 aromatic rings. The summed E-state index contributed by atoms with van der Waals surface area (Å²) in [5, 5.41) is 10.4. The predicted octanol–water partition coefficient (Wildman–Crippen LogP) is 4.24. The number of rotatable bonds is 4. The number of hydrogen-bond donors (Lipinski definition) is 1. The summed E-state index contributed by atoms with van der Waals surface area (Å²) >= 11 is 1.66. The molecule has 3 nitrogen and oxygen atoms in total. The lowest BCUT2D eigenvalue weighted by atomic mass is 9.97. The lowest BCUT2D eigenvalue weighted by Gasteiger charge is -2.32. The van der Waals surface area contributed by atoms with Gasteiger partial charge in [0.1, 0.15) is 17.6 Å². The number of aliphatic hydroxyl groups is 1. The zero-order valence-electron chi connectivity index (χ0n) is 15.4. The molecule has 5 heteroatoms. The summed E-state index contributed by atoms with van der Waals surface area (Å²) in [7, 11) is 1.97. The number of thiazole rings is 1. The molecule has 1 aromatic heterocycles. The fraction of sp³-hybridized carbons (Fsp3) is 0.318. The van der Waals surface area contributed by atoms with E-state index in [4.69, 9.17) is 0 Å². The Labute approximate surface area is 163 Å². The first-order valence-electron chi connectivity index (χ1n) is 9.36. The largest absolute Gasteiger partial charge is 0.396 e. The van der Waals surface area contributed by atoms with E-state index in [0.717, 1.165) is 46.7 Å². The first-order valence-corrected chi connectivity index (χ1v) is 10.2. The number of fused-ring (bicyclic) bond motifs is 1. The van der Waals surface area contributed by atoms with Crippen molar-refractivity contribution in [2.24, 2.45) is 13.0 Å². The van der Waals surface area contributed by atoms with Crippen LogP contribution in [0.15, 0.2) is 42.5 Å². The SMILES string of the molecule is C[n+]1c(C=Cc2ccc(N3CCC(CO)CC3)cc2)sc2ccc(F)cc21. The van der Waals surface area contributed by atoms with Gasteiger partial charge in [-0.05, 0) is 54.7 Å². The summed E-state index contributed by atoms with van der Waals surface area (Å²) in [5.74, 6) is 0.254. The van der Waals surface area contributed by atoms with Crippen LogP contribution in [0.2, 0.25) is 0 Å². The quantitative estimate of drug-likeness (QED) is 0.682. The van der Waals surface area contributed by atoms with Gasteiger partial charge in [0, 0.05) is 37.5 Å². The summed E-state index contributed by atoms with van der Waals surface area (Å²) < 4.78 is 16.6. The van der Waals surface area contributed by atoms with Crippen LogP contribution in [0.1, 0.15) is 23.4 Å². The zero-order chi connectivity index (χ0) is 18.8. The molecule has 0 radical (unpaired) electrons. The van der Waals surface area contributed by atoms with Gasteiger partial charge in [0.05, 0.1) is 0 Å². The maximum Gasteiger partial charge on any atom is 0.262 e. The van der Waals surface area contributed by atoms with Crippen LogP contribution in [-0.4, -0.2) is 24.8 Å². The van der Waals surface area contributed by atoms with Crippen LogP contribution < -0.4 is 9.47 Å². The molecule has 27 heavy (non-hydrogen) atoms. The Morgan fingerprint density at radius 2 is 1.89 bits per heavy atom. The van der Waals surface area contributed by atoms with Gasteiger partial charge < -0.3 is 10.0 Å². The Bertz CT molecular complexity index is 956. The minimum absolute atomic E-state index is 0.204. The van der Waals surface area contributed by atoms with Gasteiger partial charge in [-0.2, -0.15) is 4.57 Å². The fourth-order valence-corrected chi connectivity index (χ4v) is 4.66. The third-order valence-corrected chi connectivity index (χ3v) is 6.56. The summed E-state index contributed by atoms with van der Waals surface area (Å²) in [6.07, 6.45) is 6.30. The van der Waals surface area contributed by atoms with Gasteiger partial charge in [0.25, 0.3) is 5.01 Å². The molecule has 2 heterocycles. The first kappa shape index (κ1) is 18.1. The van der Waals surface area contributed by atoms with Crippen molar-refractivity contribution in [3.63, 3.8) is 0 Å². The molecule has 0 amide bonds. The number of hydrogen-bond acceptors (Lipinski definition) is 3. The van der Waals surface area contributed by atoms with Gasteiger partial charge in [-0.15, -0.1) is 0 Å². The standard InChI is InChI=1S/C22H24FN2OS/c1-24-20-14-18(23)5-8-21(20)27-22(24)9-4-16-2-6-19(7-3-16)25-12-10-17(15-26)11-13-25/h2-9,14,17,26H,10-13,15H2,1H3/q+1. The zero-order valence-corrected chi connectivity index (χ0v) is 16.3. The van der Waals surface area contributed by atoms with Crippen LogP contribution in [0.4, 0.5) is 10.1 Å². The molecular formula is C22H24FN2OS+. The van der Waals surface area contributed by atoms with Crippen LogP contribution >= 0.6 is 11.3 Å². The van der Waals surface area contributed by atoms with Crippen molar-refractivity contribution < 1.29 is 14.1 Å². The molecule has 4 rings (SSSR count). The van der Waals surface area contributed by atoms with E-state index in [1.807, 2.05) is 17.7 Å². The Morgan fingerprint density at radius 1 is 1.15 bits per heavy atom. The van der Waals surface area contributed by atoms with Gasteiger partial charge in [0.15, 0.2) is 0 Å². The van der Waals surface area contributed by atoms with Gasteiger partial charge in [-0.1, -0.05) is 23.5 Å². The van der Waals surface area contributed by atoms with E-state index in [1.165, 1.54) is 11.8 Å². The molecule has 140 valence electrons. The highest BCUT2D eigenvalue weighted by Gasteiger charge is 2.18. The third-order valence-electron chi connectivity index (χ3n) is 5.38. The number of nitrogens with zero attached hydrogens (tertiary/aromatic N) is 2. The summed E-state index contributed by atoms with van der Waals surface area (Å²) in [5.41, 5.74) is 3.31. The van der Waals surface area contributed by atoms with E-state index in [1.54, 1.807) is 17.4 Å². The van der Waals surface area contributed by atoms with E-state index in [-0.39, 0.29) is 5.82 Å². The van der Waals surface area contributed by atoms with Crippen molar-refractivity contribution in [3.8, 4) is 0 Å². The van der Waals surface area contributed by atoms with E-state index >= 15 is 0 Å². The second-order valence-corrected chi connectivity index (χ2v) is 8.21. The van der Waals surface area contributed by atoms with Crippen molar-refractivity contribution in [3.05, 3.63) is 58.9 Å². The number of aliphatic hydroxyl groups excluding tert-OH is 1. The molecular weight excluding hydrogens is 359 g/mol. The molecule has 0 saturated carbocycles. The number of piperidine rings is 1. The highest BCUT2D eigenvalue weighted by molar-refractivity contribution is 7.18. The topological polar surface area (TPSA) is 27.4 Å². The molecule has 1 aliphatic rings. The number of anilines is 1. The number of halogens is 1. The number of benzene rings is 2. The molecule has 1 N–H and O–H groups in total. The van der Waals surface area contributed by atoms with Gasteiger partial charge >= 0.3 is 0 Å². The van der Waals surface area contributed by atoms with E-state index < -0.39 is 0 Å². The summed E-state index contributed by atoms with van der Waals surface area (Å²) in [6, 6.07) is 13.5. The Morgan fingerprint density at radius 3 is 2.59 bits per heavy atom. The second kappa shape index (κ2) is 7.79. The normalized spacial score (nSPS) is 15.9. The highest BCUT2D eigenvalue weighted by Crippen LogP contribution is 2.25. The predicted molar refractivity (Wildman–Crippen MR) is 110 cm³/mol. The molecule has 0 spiro atoms. The van der Waals surface area contributed by atoms with Gasteiger partial charge in [-0.3, -0.25) is 0 Å². The molecule has 0 atom stereocenters. The molecule has 2 aromatic carbocycles. The van der Waals surface area contributed by atoms with Crippen LogP contribution in [0.5, 0.6) is 0 Å². The maximum absolute atomic E-state index is 13.5. The minimum Gasteiger partial charge on any atom is -0.396 e. The molecule has 1 aliphatic heterocycles. The monoisotopic (exact) mass is 383 g/mol. The molecule has 1 fully saturated rings. The average Bonchev–Trinajstić information content (AvgIpc) is 3.02. The molecule has 0 aliphatic carbocycles. The maximum atomic E-state index is 13.5.